The number of aliphatic hydroxyl groups is 5. The molecule has 0 aliphatic carbocycles. The first-order valence-corrected chi connectivity index (χ1v) is 19.8. The Kier molecular flexibility index (Phi) is 10.4. The molecular formula is C34H44FN5O10Si. The number of aryl methyl sites for hydroxylation is 1. The Hall–Kier alpha value is -3.81. The first kappa shape index (κ1) is 37.0. The molecule has 3 aliphatic rings. The number of carbonyl (C=O) groups is 2. The highest BCUT2D eigenvalue weighted by molar-refractivity contribution is 6.72. The highest BCUT2D eigenvalue weighted by Gasteiger charge is 2.66. The number of ether oxygens (including phenoxy) is 3. The maximum absolute atomic E-state index is 16.3. The molecule has 2 amide bonds. The van der Waals surface area contributed by atoms with E-state index in [9.17, 15) is 35.1 Å². The lowest BCUT2D eigenvalue weighted by molar-refractivity contribution is -0.274. The number of nitrogens with zero attached hydrogens (tertiary/aromatic N) is 4. The van der Waals surface area contributed by atoms with E-state index in [4.69, 9.17) is 14.2 Å². The lowest BCUT2D eigenvalue weighted by Crippen LogP contribution is -2.60. The number of aliphatic hydroxyl groups excluding tert-OH is 5. The standard InChI is InChI=1S/C34H44FN5O10Si/c1-18-30(51(3,4)35)25(10-12-39-17-21(11-13-41)37-38-39)50-34(18)23-15-22(48-2)8-9-24(23)40(33(34)47)16-19-6-5-7-20(14-19)36-31(45)29-27(43)26(42)28(44)32(46)49-29/h5-9,14-15,17-18,25-30,32,41-44,46H,10-13,16H2,1-4H3,(H,36,45)/t18-,25+,26-,27-,28+,29-,30-,32+,34+/m0/s1. The molecule has 2 fully saturated rings. The maximum Gasteiger partial charge on any atom is 0.264 e. The molecule has 17 heteroatoms. The van der Waals surface area contributed by atoms with Gasteiger partial charge in [0.2, 0.25) is 8.41 Å². The van der Waals surface area contributed by atoms with E-state index < -0.39 is 68.2 Å². The summed E-state index contributed by atoms with van der Waals surface area (Å²) in [6.45, 7) is 5.49. The van der Waals surface area contributed by atoms with Crippen molar-refractivity contribution in [1.29, 1.82) is 0 Å². The number of aromatic nitrogens is 3. The van der Waals surface area contributed by atoms with Crippen molar-refractivity contribution < 1.29 is 53.4 Å². The summed E-state index contributed by atoms with van der Waals surface area (Å²) in [5, 5.41) is 60.0. The van der Waals surface area contributed by atoms with Crippen LogP contribution in [-0.4, -0.2) is 111 Å². The van der Waals surface area contributed by atoms with Crippen LogP contribution < -0.4 is 15.0 Å². The Morgan fingerprint density at radius 1 is 1.12 bits per heavy atom. The van der Waals surface area contributed by atoms with E-state index >= 15 is 4.11 Å². The topological polar surface area (TPSA) is 209 Å². The van der Waals surface area contributed by atoms with E-state index in [2.05, 4.69) is 15.6 Å². The van der Waals surface area contributed by atoms with Crippen LogP contribution in [0.2, 0.25) is 18.6 Å². The second-order valence-corrected chi connectivity index (χ2v) is 17.7. The molecule has 0 saturated carbocycles. The average molecular weight is 730 g/mol. The van der Waals surface area contributed by atoms with E-state index in [-0.39, 0.29) is 24.7 Å². The van der Waals surface area contributed by atoms with Gasteiger partial charge in [-0.3, -0.25) is 14.3 Å². The van der Waals surface area contributed by atoms with Crippen molar-refractivity contribution in [2.24, 2.45) is 5.92 Å². The van der Waals surface area contributed by atoms with Crippen molar-refractivity contribution >= 4 is 31.6 Å². The molecule has 2 aromatic carbocycles. The van der Waals surface area contributed by atoms with Crippen LogP contribution >= 0.6 is 0 Å². The fourth-order valence-corrected chi connectivity index (χ4v) is 10.3. The molecule has 3 aliphatic heterocycles. The molecule has 51 heavy (non-hydrogen) atoms. The Bertz CT molecular complexity index is 1760. The third kappa shape index (κ3) is 6.80. The van der Waals surface area contributed by atoms with Crippen LogP contribution in [0.1, 0.15) is 30.2 Å². The summed E-state index contributed by atoms with van der Waals surface area (Å²) in [7, 11) is -1.91. The number of rotatable bonds is 11. The molecule has 3 aromatic rings. The van der Waals surface area contributed by atoms with Crippen molar-refractivity contribution in [2.45, 2.75) is 93.9 Å². The van der Waals surface area contributed by atoms with Crippen molar-refractivity contribution in [3.05, 3.63) is 65.5 Å². The minimum Gasteiger partial charge on any atom is -0.497 e. The fraction of sp³-hybridized carbons (Fsp3) is 0.529. The number of anilines is 2. The van der Waals surface area contributed by atoms with Gasteiger partial charge in [0, 0.05) is 48.5 Å². The summed E-state index contributed by atoms with van der Waals surface area (Å²) < 4.78 is 35.3. The molecule has 15 nitrogen and oxygen atoms in total. The molecular weight excluding hydrogens is 685 g/mol. The van der Waals surface area contributed by atoms with Crippen LogP contribution in [0.15, 0.2) is 48.7 Å². The van der Waals surface area contributed by atoms with Gasteiger partial charge in [-0.05, 0) is 55.4 Å². The Labute approximate surface area is 294 Å². The van der Waals surface area contributed by atoms with E-state index in [1.807, 2.05) is 6.92 Å². The Morgan fingerprint density at radius 3 is 2.59 bits per heavy atom. The summed E-state index contributed by atoms with van der Waals surface area (Å²) in [6.07, 6.45) is -7.07. The fourth-order valence-electron chi connectivity index (χ4n) is 7.74. The largest absolute Gasteiger partial charge is 0.497 e. The van der Waals surface area contributed by atoms with E-state index in [1.54, 1.807) is 71.3 Å². The van der Waals surface area contributed by atoms with Gasteiger partial charge in [0.15, 0.2) is 18.0 Å². The number of benzene rings is 2. The summed E-state index contributed by atoms with van der Waals surface area (Å²) in [5.41, 5.74) is 0.625. The van der Waals surface area contributed by atoms with Gasteiger partial charge in [-0.25, -0.2) is 0 Å². The van der Waals surface area contributed by atoms with Gasteiger partial charge in [-0.2, -0.15) is 0 Å². The van der Waals surface area contributed by atoms with Crippen molar-refractivity contribution in [3.63, 3.8) is 0 Å². The van der Waals surface area contributed by atoms with E-state index in [0.717, 1.165) is 0 Å². The summed E-state index contributed by atoms with van der Waals surface area (Å²) >= 11 is 0. The number of fused-ring (bicyclic) bond motifs is 2. The predicted octanol–water partition coefficient (Wildman–Crippen LogP) is 0.972. The van der Waals surface area contributed by atoms with Gasteiger partial charge in [0.25, 0.3) is 11.8 Å². The highest BCUT2D eigenvalue weighted by Crippen LogP contribution is 2.60. The van der Waals surface area contributed by atoms with Gasteiger partial charge in [0.1, 0.15) is 24.1 Å². The van der Waals surface area contributed by atoms with Crippen LogP contribution in [0.3, 0.4) is 0 Å². The number of amides is 2. The average Bonchev–Trinajstić information content (AvgIpc) is 3.74. The molecule has 1 aromatic heterocycles. The number of hydrogen-bond acceptors (Lipinski definition) is 12. The third-order valence-electron chi connectivity index (χ3n) is 10.1. The monoisotopic (exact) mass is 729 g/mol. The zero-order valence-corrected chi connectivity index (χ0v) is 29.7. The molecule has 6 rings (SSSR count). The minimum atomic E-state index is -3.43. The summed E-state index contributed by atoms with van der Waals surface area (Å²) in [4.78, 5) is 29.4. The SMILES string of the molecule is COc1ccc2c(c1)[C@@]1(O[C@H](CCn3cc(CCO)nn3)[C@@H]([Si](C)(C)F)[C@@H]1C)C(=O)N2Cc1cccc(NC(=O)[C@H]2O[C@@H](O)[C@H](O)[C@@H](O)[C@@H]2O)c1. The van der Waals surface area contributed by atoms with Crippen LogP contribution in [-0.2, 0) is 44.2 Å². The molecule has 4 heterocycles. The van der Waals surface area contributed by atoms with Gasteiger partial charge >= 0.3 is 0 Å². The Morgan fingerprint density at radius 2 is 1.88 bits per heavy atom. The van der Waals surface area contributed by atoms with Crippen LogP contribution in [0.25, 0.3) is 0 Å². The molecule has 0 unspecified atom stereocenters. The smallest absolute Gasteiger partial charge is 0.264 e. The summed E-state index contributed by atoms with van der Waals surface area (Å²) in [5.74, 6) is -1.26. The molecule has 0 bridgehead atoms. The van der Waals surface area contributed by atoms with Gasteiger partial charge < -0.3 is 54.1 Å². The second-order valence-electron chi connectivity index (χ2n) is 13.9. The highest BCUT2D eigenvalue weighted by atomic mass is 28.4. The molecule has 0 radical (unpaired) electrons. The molecule has 276 valence electrons. The zero-order chi connectivity index (χ0) is 36.8. The molecule has 1 spiro atoms. The van der Waals surface area contributed by atoms with Crippen LogP contribution in [0.4, 0.5) is 15.5 Å². The first-order valence-electron chi connectivity index (χ1n) is 16.8. The molecule has 2 saturated heterocycles. The number of carbonyl (C=O) groups excluding carboxylic acids is 2. The maximum atomic E-state index is 16.3. The molecule has 9 atom stereocenters. The van der Waals surface area contributed by atoms with Crippen molar-refractivity contribution in [1.82, 2.24) is 15.0 Å². The van der Waals surface area contributed by atoms with Crippen LogP contribution in [0.5, 0.6) is 5.75 Å². The first-order chi connectivity index (χ1) is 24.2. The zero-order valence-electron chi connectivity index (χ0n) is 28.7. The minimum absolute atomic E-state index is 0.0596. The van der Waals surface area contributed by atoms with E-state index in [1.165, 1.54) is 7.11 Å². The van der Waals surface area contributed by atoms with Gasteiger partial charge in [-0.15, -0.1) is 5.10 Å². The molecule has 6 N–H and O–H groups in total. The Balaban J connectivity index is 1.27. The normalized spacial score (nSPS) is 30.5. The van der Waals surface area contributed by atoms with Crippen molar-refractivity contribution in [3.8, 4) is 5.75 Å². The van der Waals surface area contributed by atoms with Gasteiger partial charge in [-0.1, -0.05) is 24.3 Å². The lowest BCUT2D eigenvalue weighted by Gasteiger charge is -2.37. The van der Waals surface area contributed by atoms with Crippen LogP contribution in [0, 0.1) is 5.92 Å². The lowest BCUT2D eigenvalue weighted by atomic mass is 9.82. The predicted molar refractivity (Wildman–Crippen MR) is 182 cm³/mol. The van der Waals surface area contributed by atoms with Gasteiger partial charge in [0.05, 0.1) is 31.1 Å². The van der Waals surface area contributed by atoms with Crippen molar-refractivity contribution in [2.75, 3.05) is 23.9 Å². The number of halogens is 1. The number of hydrogen-bond donors (Lipinski definition) is 6. The number of nitrogens with one attached hydrogen (secondary N) is 1. The second kappa shape index (κ2) is 14.3. The van der Waals surface area contributed by atoms with E-state index in [0.29, 0.717) is 47.6 Å². The summed E-state index contributed by atoms with van der Waals surface area (Å²) in [6, 6.07) is 11.9. The number of methoxy groups -OCH3 is 1. The third-order valence-corrected chi connectivity index (χ3v) is 12.6. The quantitative estimate of drug-likeness (QED) is 0.121.